The van der Waals surface area contributed by atoms with E-state index in [1.165, 1.54) is 6.20 Å². The van der Waals surface area contributed by atoms with Gasteiger partial charge in [-0.1, -0.05) is 26.0 Å². The maximum atomic E-state index is 11.7. The predicted octanol–water partition coefficient (Wildman–Crippen LogP) is 2.42. The summed E-state index contributed by atoms with van der Waals surface area (Å²) in [5.74, 6) is 0.694. The van der Waals surface area contributed by atoms with Crippen LogP contribution >= 0.6 is 0 Å². The molecule has 0 amide bonds. The number of aryl methyl sites for hydroxylation is 1. The van der Waals surface area contributed by atoms with Gasteiger partial charge in [-0.15, -0.1) is 0 Å². The van der Waals surface area contributed by atoms with Crippen LogP contribution in [-0.4, -0.2) is 22.9 Å². The fraction of sp³-hybridized carbons (Fsp3) is 0.500. The Morgan fingerprint density at radius 1 is 1.25 bits per heavy atom. The lowest BCUT2D eigenvalue weighted by molar-refractivity contribution is 0.508. The molecule has 0 radical (unpaired) electrons. The average molecular weight is 273 g/mol. The molecule has 0 unspecified atom stereocenters. The minimum Gasteiger partial charge on any atom is -0.316 e. The summed E-state index contributed by atoms with van der Waals surface area (Å²) >= 11 is 0. The van der Waals surface area contributed by atoms with E-state index in [4.69, 9.17) is 0 Å². The van der Waals surface area contributed by atoms with Gasteiger partial charge in [0, 0.05) is 11.9 Å². The topological polar surface area (TPSA) is 46.9 Å². The van der Waals surface area contributed by atoms with Crippen LogP contribution < -0.4 is 10.7 Å². The number of nitrogens with zero attached hydrogens (tertiary/aromatic N) is 2. The molecule has 0 aliphatic carbocycles. The van der Waals surface area contributed by atoms with Crippen LogP contribution in [0.4, 0.5) is 0 Å². The van der Waals surface area contributed by atoms with Crippen molar-refractivity contribution >= 4 is 10.9 Å². The molecule has 2 rings (SSSR count). The smallest absolute Gasteiger partial charge is 0.207 e. The van der Waals surface area contributed by atoms with Crippen LogP contribution in [0.3, 0.4) is 0 Å². The Labute approximate surface area is 119 Å². The molecule has 1 aromatic heterocycles. The number of unbranched alkanes of at least 4 members (excludes halogenated alkanes) is 1. The van der Waals surface area contributed by atoms with Gasteiger partial charge in [0.05, 0.1) is 11.7 Å². The maximum absolute atomic E-state index is 11.7. The van der Waals surface area contributed by atoms with Gasteiger partial charge in [-0.2, -0.15) is 5.10 Å². The summed E-state index contributed by atoms with van der Waals surface area (Å²) in [6.45, 7) is 7.38. The van der Waals surface area contributed by atoms with E-state index in [1.807, 2.05) is 28.9 Å². The molecule has 20 heavy (non-hydrogen) atoms. The summed E-state index contributed by atoms with van der Waals surface area (Å²) in [4.78, 5) is 11.7. The first-order chi connectivity index (χ1) is 9.68. The normalized spacial score (nSPS) is 11.3. The number of fused-ring (bicyclic) bond motifs is 1. The van der Waals surface area contributed by atoms with Crippen molar-refractivity contribution in [2.75, 3.05) is 13.1 Å². The molecule has 1 heterocycles. The molecular formula is C16H23N3O. The molecule has 0 bridgehead atoms. The Morgan fingerprint density at radius 2 is 2.05 bits per heavy atom. The number of nitrogens with one attached hydrogen (secondary N) is 1. The second-order valence-corrected chi connectivity index (χ2v) is 5.55. The highest BCUT2D eigenvalue weighted by atomic mass is 16.1. The van der Waals surface area contributed by atoms with Crippen LogP contribution in [-0.2, 0) is 6.54 Å². The third-order valence-electron chi connectivity index (χ3n) is 3.29. The van der Waals surface area contributed by atoms with Crippen LogP contribution in [0.5, 0.6) is 0 Å². The maximum Gasteiger partial charge on any atom is 0.207 e. The lowest BCUT2D eigenvalue weighted by Crippen LogP contribution is -2.21. The van der Waals surface area contributed by atoms with Gasteiger partial charge in [0.1, 0.15) is 0 Å². The summed E-state index contributed by atoms with van der Waals surface area (Å²) in [7, 11) is 0. The molecular weight excluding hydrogens is 250 g/mol. The Morgan fingerprint density at radius 3 is 2.85 bits per heavy atom. The Hall–Kier alpha value is -1.68. The van der Waals surface area contributed by atoms with E-state index in [-0.39, 0.29) is 5.43 Å². The molecule has 0 saturated carbocycles. The van der Waals surface area contributed by atoms with Crippen LogP contribution in [0.1, 0.15) is 26.7 Å². The van der Waals surface area contributed by atoms with Crippen LogP contribution in [0.15, 0.2) is 35.3 Å². The molecule has 0 fully saturated rings. The van der Waals surface area contributed by atoms with Crippen molar-refractivity contribution in [3.63, 3.8) is 0 Å². The molecule has 1 aromatic carbocycles. The summed E-state index contributed by atoms with van der Waals surface area (Å²) in [6.07, 6.45) is 3.60. The second-order valence-electron chi connectivity index (χ2n) is 5.55. The molecule has 0 spiro atoms. The van der Waals surface area contributed by atoms with E-state index >= 15 is 0 Å². The highest BCUT2D eigenvalue weighted by molar-refractivity contribution is 5.77. The SMILES string of the molecule is CC(C)CNCCCCn1ncc(=O)c2ccccc21. The van der Waals surface area contributed by atoms with E-state index in [0.29, 0.717) is 5.92 Å². The van der Waals surface area contributed by atoms with Gasteiger partial charge in [-0.3, -0.25) is 9.48 Å². The lowest BCUT2D eigenvalue weighted by Gasteiger charge is -2.10. The second kappa shape index (κ2) is 7.20. The van der Waals surface area contributed by atoms with Crippen LogP contribution in [0, 0.1) is 5.92 Å². The molecule has 1 N–H and O–H groups in total. The minimum atomic E-state index is -0.00421. The zero-order valence-corrected chi connectivity index (χ0v) is 12.3. The standard InChI is InChI=1S/C16H23N3O/c1-13(2)11-17-9-5-6-10-19-15-8-4-3-7-14(15)16(20)12-18-19/h3-4,7-8,12-13,17H,5-6,9-11H2,1-2H3. The molecule has 108 valence electrons. The Kier molecular flexibility index (Phi) is 5.30. The third-order valence-corrected chi connectivity index (χ3v) is 3.29. The van der Waals surface area contributed by atoms with Gasteiger partial charge in [-0.05, 0) is 44.0 Å². The van der Waals surface area contributed by atoms with Gasteiger partial charge in [0.2, 0.25) is 5.43 Å². The molecule has 0 aliphatic heterocycles. The van der Waals surface area contributed by atoms with E-state index < -0.39 is 0 Å². The highest BCUT2D eigenvalue weighted by Gasteiger charge is 2.02. The molecule has 0 atom stereocenters. The summed E-state index contributed by atoms with van der Waals surface area (Å²) < 4.78 is 1.93. The number of para-hydroxylation sites is 1. The lowest BCUT2D eigenvalue weighted by atomic mass is 10.2. The first kappa shape index (κ1) is 14.7. The highest BCUT2D eigenvalue weighted by Crippen LogP contribution is 2.08. The molecule has 0 aliphatic rings. The zero-order valence-electron chi connectivity index (χ0n) is 12.3. The van der Waals surface area contributed by atoms with Crippen LogP contribution in [0.25, 0.3) is 10.9 Å². The van der Waals surface area contributed by atoms with Crippen molar-refractivity contribution < 1.29 is 0 Å². The summed E-state index contributed by atoms with van der Waals surface area (Å²) in [5, 5.41) is 8.42. The van der Waals surface area contributed by atoms with Crippen molar-refractivity contribution in [1.29, 1.82) is 0 Å². The molecule has 4 heteroatoms. The number of benzene rings is 1. The van der Waals surface area contributed by atoms with E-state index in [1.54, 1.807) is 0 Å². The first-order valence-electron chi connectivity index (χ1n) is 7.34. The van der Waals surface area contributed by atoms with E-state index in [0.717, 1.165) is 43.4 Å². The van der Waals surface area contributed by atoms with Crippen molar-refractivity contribution in [2.24, 2.45) is 5.92 Å². The minimum absolute atomic E-state index is 0.00421. The first-order valence-corrected chi connectivity index (χ1v) is 7.34. The van der Waals surface area contributed by atoms with Crippen molar-refractivity contribution in [3.8, 4) is 0 Å². The monoisotopic (exact) mass is 273 g/mol. The largest absolute Gasteiger partial charge is 0.316 e. The van der Waals surface area contributed by atoms with Gasteiger partial charge in [0.25, 0.3) is 0 Å². The van der Waals surface area contributed by atoms with Crippen LogP contribution in [0.2, 0.25) is 0 Å². The number of hydrogen-bond acceptors (Lipinski definition) is 3. The number of aromatic nitrogens is 2. The predicted molar refractivity (Wildman–Crippen MR) is 82.9 cm³/mol. The van der Waals surface area contributed by atoms with Crippen molar-refractivity contribution in [3.05, 3.63) is 40.7 Å². The van der Waals surface area contributed by atoms with Crippen molar-refractivity contribution in [2.45, 2.75) is 33.2 Å². The molecule has 4 nitrogen and oxygen atoms in total. The Bertz CT molecular complexity index is 604. The summed E-state index contributed by atoms with van der Waals surface area (Å²) in [6, 6.07) is 7.66. The fourth-order valence-electron chi connectivity index (χ4n) is 2.24. The zero-order chi connectivity index (χ0) is 14.4. The van der Waals surface area contributed by atoms with E-state index in [2.05, 4.69) is 24.3 Å². The molecule has 0 saturated heterocycles. The molecule has 2 aromatic rings. The van der Waals surface area contributed by atoms with Gasteiger partial charge < -0.3 is 5.32 Å². The number of hydrogen-bond donors (Lipinski definition) is 1. The summed E-state index contributed by atoms with van der Waals surface area (Å²) in [5.41, 5.74) is 0.922. The van der Waals surface area contributed by atoms with E-state index in [9.17, 15) is 4.79 Å². The third kappa shape index (κ3) is 3.90. The quantitative estimate of drug-likeness (QED) is 0.788. The van der Waals surface area contributed by atoms with Gasteiger partial charge in [0.15, 0.2) is 0 Å². The van der Waals surface area contributed by atoms with Gasteiger partial charge in [-0.25, -0.2) is 0 Å². The van der Waals surface area contributed by atoms with Crippen molar-refractivity contribution in [1.82, 2.24) is 15.1 Å². The van der Waals surface area contributed by atoms with Gasteiger partial charge >= 0.3 is 0 Å². The average Bonchev–Trinajstić information content (AvgIpc) is 2.45. The number of rotatable bonds is 7. The fourth-order valence-corrected chi connectivity index (χ4v) is 2.24. The Balaban J connectivity index is 1.91.